The van der Waals surface area contributed by atoms with E-state index in [-0.39, 0.29) is 30.1 Å². The van der Waals surface area contributed by atoms with Crippen LogP contribution in [-0.2, 0) is 43.3 Å². The van der Waals surface area contributed by atoms with Crippen LogP contribution in [0.3, 0.4) is 0 Å². The number of rotatable bonds is 7. The molecule has 8 heteroatoms. The number of aldehydes is 1. The first kappa shape index (κ1) is 26.9. The van der Waals surface area contributed by atoms with Crippen LogP contribution in [0.2, 0.25) is 0 Å². The quantitative estimate of drug-likeness (QED) is 0.254. The van der Waals surface area contributed by atoms with E-state index in [1.807, 2.05) is 0 Å². The summed E-state index contributed by atoms with van der Waals surface area (Å²) < 4.78 is 10.0. The highest BCUT2D eigenvalue weighted by molar-refractivity contribution is 7.16. The van der Waals surface area contributed by atoms with Crippen LogP contribution in [0.15, 0.2) is 35.9 Å². The molecule has 0 bridgehead atoms. The minimum atomic E-state index is -0.669. The van der Waals surface area contributed by atoms with E-state index in [4.69, 9.17) is 9.47 Å². The Morgan fingerprint density at radius 3 is 2.69 bits per heavy atom. The topological polar surface area (TPSA) is 98.8 Å². The number of allylic oxidation sites excluding steroid dienone is 1. The SMILES string of the molecule is CCOC(=O)/C(C#Cc1c(NC(=O)c2cccc(COC(C)=O)c2)sc2c1CCC(C)(C)C2)=C/C=O. The van der Waals surface area contributed by atoms with Crippen LogP contribution in [0.1, 0.15) is 66.0 Å². The number of fused-ring (bicyclic) bond motifs is 1. The van der Waals surface area contributed by atoms with Crippen LogP contribution in [0.4, 0.5) is 5.00 Å². The Morgan fingerprint density at radius 1 is 1.22 bits per heavy atom. The Hall–Kier alpha value is -3.70. The molecular weight excluding hydrogens is 478 g/mol. The first-order valence-electron chi connectivity index (χ1n) is 11.7. The van der Waals surface area contributed by atoms with Crippen molar-refractivity contribution in [1.82, 2.24) is 0 Å². The molecule has 2 aromatic rings. The van der Waals surface area contributed by atoms with Crippen molar-refractivity contribution in [3.8, 4) is 11.8 Å². The predicted molar refractivity (Wildman–Crippen MR) is 138 cm³/mol. The lowest BCUT2D eigenvalue weighted by molar-refractivity contribution is -0.142. The smallest absolute Gasteiger partial charge is 0.346 e. The standard InChI is InChI=1S/C28H29NO6S/c1-5-34-27(33)20(12-14-30)9-10-23-22-11-13-28(3,4)16-24(22)36-26(23)29-25(32)21-8-6-7-19(15-21)17-35-18(2)31/h6-8,12,14-15H,5,11,13,16-17H2,1-4H3,(H,29,32)/b20-12+. The summed E-state index contributed by atoms with van der Waals surface area (Å²) in [6, 6.07) is 6.86. The summed E-state index contributed by atoms with van der Waals surface area (Å²) >= 11 is 1.48. The molecule has 0 radical (unpaired) electrons. The number of benzene rings is 1. The molecule has 1 heterocycles. The minimum absolute atomic E-state index is 0.0432. The van der Waals surface area contributed by atoms with Crippen LogP contribution in [0.25, 0.3) is 0 Å². The lowest BCUT2D eigenvalue weighted by atomic mass is 9.77. The van der Waals surface area contributed by atoms with Crippen LogP contribution in [-0.4, -0.2) is 30.7 Å². The molecule has 1 aromatic carbocycles. The molecule has 36 heavy (non-hydrogen) atoms. The monoisotopic (exact) mass is 507 g/mol. The van der Waals surface area contributed by atoms with Crippen molar-refractivity contribution >= 4 is 40.5 Å². The lowest BCUT2D eigenvalue weighted by Gasteiger charge is -2.29. The largest absolute Gasteiger partial charge is 0.462 e. The fourth-order valence-electron chi connectivity index (χ4n) is 3.86. The van der Waals surface area contributed by atoms with Crippen LogP contribution >= 0.6 is 11.3 Å². The number of nitrogens with one attached hydrogen (secondary N) is 1. The maximum atomic E-state index is 13.1. The van der Waals surface area contributed by atoms with Gasteiger partial charge < -0.3 is 14.8 Å². The first-order chi connectivity index (χ1) is 17.1. The normalized spacial score (nSPS) is 14.1. The third kappa shape index (κ3) is 6.92. The van der Waals surface area contributed by atoms with Crippen molar-refractivity contribution in [1.29, 1.82) is 0 Å². The summed E-state index contributed by atoms with van der Waals surface area (Å²) in [4.78, 5) is 48.6. The van der Waals surface area contributed by atoms with Crippen LogP contribution in [0, 0.1) is 17.3 Å². The van der Waals surface area contributed by atoms with Gasteiger partial charge in [0.15, 0.2) is 0 Å². The fourth-order valence-corrected chi connectivity index (χ4v) is 5.31. The Morgan fingerprint density at radius 2 is 2.00 bits per heavy atom. The Bertz CT molecular complexity index is 1270. The van der Waals surface area contributed by atoms with E-state index in [9.17, 15) is 19.2 Å². The Labute approximate surface area is 214 Å². The molecule has 0 aliphatic heterocycles. The van der Waals surface area contributed by atoms with E-state index < -0.39 is 11.9 Å². The number of anilines is 1. The third-order valence-electron chi connectivity index (χ3n) is 5.69. The summed E-state index contributed by atoms with van der Waals surface area (Å²) in [5.41, 5.74) is 2.90. The number of esters is 2. The van der Waals surface area contributed by atoms with Gasteiger partial charge in [0.2, 0.25) is 0 Å². The van der Waals surface area contributed by atoms with E-state index in [0.717, 1.165) is 35.8 Å². The maximum Gasteiger partial charge on any atom is 0.346 e. The van der Waals surface area contributed by atoms with E-state index in [0.29, 0.717) is 28.0 Å². The molecule has 0 saturated heterocycles. The first-order valence-corrected chi connectivity index (χ1v) is 12.5. The highest BCUT2D eigenvalue weighted by Gasteiger charge is 2.30. The van der Waals surface area contributed by atoms with Crippen LogP contribution in [0.5, 0.6) is 0 Å². The van der Waals surface area contributed by atoms with Gasteiger partial charge in [-0.2, -0.15) is 0 Å². The highest BCUT2D eigenvalue weighted by atomic mass is 32.1. The van der Waals surface area contributed by atoms with Crippen molar-refractivity contribution in [2.75, 3.05) is 11.9 Å². The molecular formula is C28H29NO6S. The summed E-state index contributed by atoms with van der Waals surface area (Å²) in [7, 11) is 0. The predicted octanol–water partition coefficient (Wildman–Crippen LogP) is 4.62. The number of ether oxygens (including phenoxy) is 2. The van der Waals surface area contributed by atoms with Gasteiger partial charge >= 0.3 is 11.9 Å². The second-order valence-electron chi connectivity index (χ2n) is 9.17. The highest BCUT2D eigenvalue weighted by Crippen LogP contribution is 2.43. The second-order valence-corrected chi connectivity index (χ2v) is 10.3. The third-order valence-corrected chi connectivity index (χ3v) is 6.84. The molecule has 0 spiro atoms. The van der Waals surface area contributed by atoms with Gasteiger partial charge in [-0.3, -0.25) is 14.4 Å². The minimum Gasteiger partial charge on any atom is -0.462 e. The van der Waals surface area contributed by atoms with Crippen molar-refractivity contribution < 1.29 is 28.7 Å². The van der Waals surface area contributed by atoms with Crippen molar-refractivity contribution in [2.24, 2.45) is 5.41 Å². The Balaban J connectivity index is 1.96. The zero-order valence-electron chi connectivity index (χ0n) is 20.9. The van der Waals surface area contributed by atoms with E-state index in [1.54, 1.807) is 31.2 Å². The molecule has 0 unspecified atom stereocenters. The Kier molecular flexibility index (Phi) is 8.83. The molecule has 1 aromatic heterocycles. The zero-order valence-corrected chi connectivity index (χ0v) is 21.7. The molecule has 1 amide bonds. The average Bonchev–Trinajstić information content (AvgIpc) is 3.15. The van der Waals surface area contributed by atoms with E-state index >= 15 is 0 Å². The molecule has 1 aliphatic carbocycles. The lowest BCUT2D eigenvalue weighted by Crippen LogP contribution is -2.21. The number of hydrogen-bond donors (Lipinski definition) is 1. The summed E-state index contributed by atoms with van der Waals surface area (Å²) in [6.45, 7) is 7.66. The van der Waals surface area contributed by atoms with Crippen LogP contribution < -0.4 is 5.32 Å². The summed E-state index contributed by atoms with van der Waals surface area (Å²) in [6.07, 6.45) is 4.19. The second kappa shape index (κ2) is 11.8. The van der Waals surface area contributed by atoms with Gasteiger partial charge in [-0.1, -0.05) is 37.8 Å². The van der Waals surface area contributed by atoms with Gasteiger partial charge in [0, 0.05) is 23.4 Å². The number of carbonyl (C=O) groups excluding carboxylic acids is 4. The molecule has 0 saturated carbocycles. The summed E-state index contributed by atoms with van der Waals surface area (Å²) in [5.74, 6) is 4.42. The molecule has 0 fully saturated rings. The molecule has 188 valence electrons. The van der Waals surface area contributed by atoms with Gasteiger partial charge in [-0.05, 0) is 54.9 Å². The van der Waals surface area contributed by atoms with Crippen molar-refractivity contribution in [2.45, 2.75) is 53.6 Å². The van der Waals surface area contributed by atoms with Gasteiger partial charge in [0.05, 0.1) is 12.2 Å². The fraction of sp³-hybridized carbons (Fsp3) is 0.357. The molecule has 1 N–H and O–H groups in total. The van der Waals surface area contributed by atoms with Gasteiger partial charge in [-0.25, -0.2) is 4.79 Å². The number of hydrogen-bond acceptors (Lipinski definition) is 7. The van der Waals surface area contributed by atoms with Gasteiger partial charge in [0.1, 0.15) is 23.5 Å². The molecule has 7 nitrogen and oxygen atoms in total. The number of amides is 1. The zero-order chi connectivity index (χ0) is 26.3. The molecule has 0 atom stereocenters. The van der Waals surface area contributed by atoms with Gasteiger partial charge in [-0.15, -0.1) is 11.3 Å². The van der Waals surface area contributed by atoms with Crippen molar-refractivity contribution in [3.05, 3.63) is 63.0 Å². The van der Waals surface area contributed by atoms with Crippen molar-refractivity contribution in [3.63, 3.8) is 0 Å². The molecule has 1 aliphatic rings. The summed E-state index contributed by atoms with van der Waals surface area (Å²) in [5, 5.41) is 3.57. The number of thiophene rings is 1. The van der Waals surface area contributed by atoms with Gasteiger partial charge in [0.25, 0.3) is 5.91 Å². The number of carbonyl (C=O) groups is 4. The average molecular weight is 508 g/mol. The van der Waals surface area contributed by atoms with E-state index in [2.05, 4.69) is 31.0 Å². The molecule has 3 rings (SSSR count). The maximum absolute atomic E-state index is 13.1. The van der Waals surface area contributed by atoms with E-state index in [1.165, 1.54) is 18.3 Å².